The average Bonchev–Trinajstić information content (AvgIpc) is 3.26. The van der Waals surface area contributed by atoms with Gasteiger partial charge in [0.1, 0.15) is 11.3 Å². The van der Waals surface area contributed by atoms with Gasteiger partial charge in [0.25, 0.3) is 5.91 Å². The molecule has 3 heterocycles. The Hall–Kier alpha value is -3.48. The molecule has 1 saturated heterocycles. The smallest absolute Gasteiger partial charge is 0.255 e. The van der Waals surface area contributed by atoms with Crippen molar-refractivity contribution in [2.24, 2.45) is 0 Å². The summed E-state index contributed by atoms with van der Waals surface area (Å²) in [6.07, 6.45) is 3.22. The number of hydrogen-bond acceptors (Lipinski definition) is 5. The van der Waals surface area contributed by atoms with Crippen molar-refractivity contribution in [2.75, 3.05) is 31.5 Å². The molecule has 0 aliphatic carbocycles. The summed E-state index contributed by atoms with van der Waals surface area (Å²) in [5, 5.41) is 7.52. The topological polar surface area (TPSA) is 70.4 Å². The molecule has 0 unspecified atom stereocenters. The van der Waals surface area contributed by atoms with Crippen molar-refractivity contribution >= 4 is 22.6 Å². The molecule has 6 heteroatoms. The van der Waals surface area contributed by atoms with Gasteiger partial charge in [-0.2, -0.15) is 0 Å². The fourth-order valence-corrected chi connectivity index (χ4v) is 4.01. The number of furan rings is 1. The first kappa shape index (κ1) is 19.5. The van der Waals surface area contributed by atoms with Gasteiger partial charge in [0, 0.05) is 61.6 Å². The SMILES string of the molecule is O=C(Nc1ccccc1-c1cc2c(CN3CCNCC3)cccc2o1)c1ccncc1. The highest BCUT2D eigenvalue weighted by atomic mass is 16.3. The number of amides is 1. The Morgan fingerprint density at radius 3 is 2.68 bits per heavy atom. The van der Waals surface area contributed by atoms with E-state index in [1.165, 1.54) is 5.56 Å². The molecule has 5 rings (SSSR count). The summed E-state index contributed by atoms with van der Waals surface area (Å²) in [6, 6.07) is 19.4. The third-order valence-corrected chi connectivity index (χ3v) is 5.64. The summed E-state index contributed by atoms with van der Waals surface area (Å²) in [4.78, 5) is 19.1. The summed E-state index contributed by atoms with van der Waals surface area (Å²) < 4.78 is 6.22. The fourth-order valence-electron chi connectivity index (χ4n) is 4.01. The van der Waals surface area contributed by atoms with Crippen LogP contribution in [0.2, 0.25) is 0 Å². The average molecular weight is 412 g/mol. The molecule has 6 nitrogen and oxygen atoms in total. The number of carbonyl (C=O) groups is 1. The molecule has 1 fully saturated rings. The van der Waals surface area contributed by atoms with E-state index in [1.54, 1.807) is 24.5 Å². The molecular weight excluding hydrogens is 388 g/mol. The van der Waals surface area contributed by atoms with Crippen molar-refractivity contribution in [2.45, 2.75) is 6.54 Å². The molecular formula is C25H24N4O2. The molecule has 0 radical (unpaired) electrons. The van der Waals surface area contributed by atoms with Crippen LogP contribution in [0.4, 0.5) is 5.69 Å². The molecule has 1 aliphatic heterocycles. The molecule has 1 amide bonds. The number of pyridine rings is 1. The predicted molar refractivity (Wildman–Crippen MR) is 122 cm³/mol. The van der Waals surface area contributed by atoms with Crippen molar-refractivity contribution in [3.8, 4) is 11.3 Å². The van der Waals surface area contributed by atoms with Crippen molar-refractivity contribution in [1.82, 2.24) is 15.2 Å². The summed E-state index contributed by atoms with van der Waals surface area (Å²) in [6.45, 7) is 5.04. The number of carbonyl (C=O) groups excluding carboxylic acids is 1. The molecule has 0 atom stereocenters. The van der Waals surface area contributed by atoms with Crippen LogP contribution in [-0.2, 0) is 6.54 Å². The van der Waals surface area contributed by atoms with Gasteiger partial charge in [-0.3, -0.25) is 14.7 Å². The second-order valence-corrected chi connectivity index (χ2v) is 7.70. The highest BCUT2D eigenvalue weighted by Crippen LogP contribution is 2.34. The number of nitrogens with one attached hydrogen (secondary N) is 2. The molecule has 156 valence electrons. The van der Waals surface area contributed by atoms with Gasteiger partial charge in [-0.05, 0) is 42.0 Å². The second kappa shape index (κ2) is 8.71. The lowest BCUT2D eigenvalue weighted by Crippen LogP contribution is -2.42. The largest absolute Gasteiger partial charge is 0.456 e. The second-order valence-electron chi connectivity index (χ2n) is 7.70. The molecule has 1 aliphatic rings. The minimum absolute atomic E-state index is 0.176. The zero-order chi connectivity index (χ0) is 21.0. The quantitative estimate of drug-likeness (QED) is 0.515. The Labute approximate surface area is 180 Å². The first-order chi connectivity index (χ1) is 15.3. The summed E-state index contributed by atoms with van der Waals surface area (Å²) in [5.74, 6) is 0.568. The van der Waals surface area contributed by atoms with Crippen molar-refractivity contribution < 1.29 is 9.21 Å². The van der Waals surface area contributed by atoms with Gasteiger partial charge >= 0.3 is 0 Å². The van der Waals surface area contributed by atoms with E-state index in [4.69, 9.17) is 4.42 Å². The Balaban J connectivity index is 1.46. The van der Waals surface area contributed by atoms with Crippen LogP contribution < -0.4 is 10.6 Å². The van der Waals surface area contributed by atoms with Crippen LogP contribution in [0.3, 0.4) is 0 Å². The number of aromatic nitrogens is 1. The van der Waals surface area contributed by atoms with E-state index in [0.717, 1.165) is 55.0 Å². The highest BCUT2D eigenvalue weighted by Gasteiger charge is 2.16. The number of piperazine rings is 1. The number of benzene rings is 2. The highest BCUT2D eigenvalue weighted by molar-refractivity contribution is 6.06. The van der Waals surface area contributed by atoms with E-state index in [0.29, 0.717) is 11.3 Å². The molecule has 31 heavy (non-hydrogen) atoms. The maximum absolute atomic E-state index is 12.7. The maximum atomic E-state index is 12.7. The molecule has 2 aromatic carbocycles. The molecule has 2 N–H and O–H groups in total. The number of nitrogens with zero attached hydrogens (tertiary/aromatic N) is 2. The Morgan fingerprint density at radius 1 is 1.03 bits per heavy atom. The van der Waals surface area contributed by atoms with Crippen LogP contribution in [0.1, 0.15) is 15.9 Å². The van der Waals surface area contributed by atoms with E-state index < -0.39 is 0 Å². The van der Waals surface area contributed by atoms with Crippen LogP contribution in [0.15, 0.2) is 77.5 Å². The van der Waals surface area contributed by atoms with E-state index >= 15 is 0 Å². The van der Waals surface area contributed by atoms with Gasteiger partial charge in [0.15, 0.2) is 0 Å². The van der Waals surface area contributed by atoms with Crippen LogP contribution in [-0.4, -0.2) is 42.0 Å². The molecule has 0 saturated carbocycles. The molecule has 0 bridgehead atoms. The van der Waals surface area contributed by atoms with E-state index in [9.17, 15) is 4.79 Å². The monoisotopic (exact) mass is 412 g/mol. The lowest BCUT2D eigenvalue weighted by molar-refractivity contribution is 0.102. The molecule has 2 aromatic heterocycles. The maximum Gasteiger partial charge on any atom is 0.255 e. The summed E-state index contributed by atoms with van der Waals surface area (Å²) in [7, 11) is 0. The first-order valence-electron chi connectivity index (χ1n) is 10.5. The van der Waals surface area contributed by atoms with Crippen LogP contribution in [0, 0.1) is 0 Å². The van der Waals surface area contributed by atoms with Gasteiger partial charge in [-0.25, -0.2) is 0 Å². The minimum Gasteiger partial charge on any atom is -0.456 e. The zero-order valence-corrected chi connectivity index (χ0v) is 17.2. The Bertz CT molecular complexity index is 1200. The summed E-state index contributed by atoms with van der Waals surface area (Å²) >= 11 is 0. The van der Waals surface area contributed by atoms with Gasteiger partial charge in [0.2, 0.25) is 0 Å². The first-order valence-corrected chi connectivity index (χ1v) is 10.5. The molecule has 0 spiro atoms. The third kappa shape index (κ3) is 4.21. The van der Waals surface area contributed by atoms with Gasteiger partial charge in [-0.1, -0.05) is 24.3 Å². The summed E-state index contributed by atoms with van der Waals surface area (Å²) in [5.41, 5.74) is 4.25. The van der Waals surface area contributed by atoms with Gasteiger partial charge < -0.3 is 15.1 Å². The van der Waals surface area contributed by atoms with E-state index in [2.05, 4.69) is 32.7 Å². The standard InChI is InChI=1S/C25H24N4O2/c30-25(18-8-10-26-11-9-18)28-22-6-2-1-5-20(22)24-16-21-19(4-3-7-23(21)31-24)17-29-14-12-27-13-15-29/h1-11,16,27H,12-15,17H2,(H,28,30). The van der Waals surface area contributed by atoms with E-state index in [-0.39, 0.29) is 5.91 Å². The van der Waals surface area contributed by atoms with Crippen LogP contribution >= 0.6 is 0 Å². The minimum atomic E-state index is -0.176. The number of para-hydroxylation sites is 1. The van der Waals surface area contributed by atoms with Crippen LogP contribution in [0.5, 0.6) is 0 Å². The molecule has 4 aromatic rings. The van der Waals surface area contributed by atoms with Crippen LogP contribution in [0.25, 0.3) is 22.3 Å². The predicted octanol–water partition coefficient (Wildman–Crippen LogP) is 4.15. The number of hydrogen-bond donors (Lipinski definition) is 2. The number of fused-ring (bicyclic) bond motifs is 1. The number of rotatable bonds is 5. The number of anilines is 1. The van der Waals surface area contributed by atoms with Crippen molar-refractivity contribution in [3.63, 3.8) is 0 Å². The third-order valence-electron chi connectivity index (χ3n) is 5.64. The van der Waals surface area contributed by atoms with Crippen molar-refractivity contribution in [3.05, 3.63) is 84.2 Å². The van der Waals surface area contributed by atoms with Crippen molar-refractivity contribution in [1.29, 1.82) is 0 Å². The zero-order valence-electron chi connectivity index (χ0n) is 17.2. The fraction of sp³-hybridized carbons (Fsp3) is 0.200. The Morgan fingerprint density at radius 2 is 1.84 bits per heavy atom. The lowest BCUT2D eigenvalue weighted by Gasteiger charge is -2.27. The normalized spacial score (nSPS) is 14.6. The Kier molecular flexibility index (Phi) is 5.48. The lowest BCUT2D eigenvalue weighted by atomic mass is 10.1. The van der Waals surface area contributed by atoms with E-state index in [1.807, 2.05) is 36.4 Å². The van der Waals surface area contributed by atoms with Gasteiger partial charge in [-0.15, -0.1) is 0 Å². The van der Waals surface area contributed by atoms with Gasteiger partial charge in [0.05, 0.1) is 5.69 Å².